The fraction of sp³-hybridized carbons (Fsp3) is 0.429. The SMILES string of the molecule is CC(C)N(CCC(=O)O)C(=O)COc1cccc([N+](=O)[O-])c1. The summed E-state index contributed by atoms with van der Waals surface area (Å²) in [6.45, 7) is 3.32. The third-order valence-corrected chi connectivity index (χ3v) is 2.90. The van der Waals surface area contributed by atoms with Crippen molar-refractivity contribution in [1.82, 2.24) is 4.90 Å². The van der Waals surface area contributed by atoms with Crippen LogP contribution in [0.2, 0.25) is 0 Å². The van der Waals surface area contributed by atoms with E-state index in [9.17, 15) is 19.7 Å². The quantitative estimate of drug-likeness (QED) is 0.578. The standard InChI is InChI=1S/C14H18N2O6/c1-10(2)15(7-6-14(18)19)13(17)9-22-12-5-3-4-11(8-12)16(20)21/h3-5,8,10H,6-7,9H2,1-2H3,(H,18,19). The Morgan fingerprint density at radius 1 is 1.41 bits per heavy atom. The number of non-ortho nitro benzene ring substituents is 1. The van der Waals surface area contributed by atoms with Crippen LogP contribution >= 0.6 is 0 Å². The van der Waals surface area contributed by atoms with Gasteiger partial charge in [0.1, 0.15) is 5.75 Å². The lowest BCUT2D eigenvalue weighted by molar-refractivity contribution is -0.384. The molecule has 0 aromatic heterocycles. The number of nitro groups is 1. The Bertz CT molecular complexity index is 558. The van der Waals surface area contributed by atoms with Crippen molar-refractivity contribution in [3.63, 3.8) is 0 Å². The van der Waals surface area contributed by atoms with E-state index in [1.165, 1.54) is 29.2 Å². The molecule has 0 spiro atoms. The first-order chi connectivity index (χ1) is 10.3. The molecule has 0 aliphatic carbocycles. The molecule has 1 aromatic carbocycles. The van der Waals surface area contributed by atoms with Crippen molar-refractivity contribution >= 4 is 17.6 Å². The molecule has 8 nitrogen and oxygen atoms in total. The summed E-state index contributed by atoms with van der Waals surface area (Å²) in [5.41, 5.74) is -0.128. The number of carbonyl (C=O) groups is 2. The molecule has 0 saturated heterocycles. The topological polar surface area (TPSA) is 110 Å². The number of ether oxygens (including phenoxy) is 1. The van der Waals surface area contributed by atoms with Crippen molar-refractivity contribution in [1.29, 1.82) is 0 Å². The number of hydrogen-bond donors (Lipinski definition) is 1. The van der Waals surface area contributed by atoms with E-state index in [0.29, 0.717) is 0 Å². The number of amides is 1. The fourth-order valence-corrected chi connectivity index (χ4v) is 1.80. The lowest BCUT2D eigenvalue weighted by atomic mass is 10.2. The monoisotopic (exact) mass is 310 g/mol. The summed E-state index contributed by atoms with van der Waals surface area (Å²) in [7, 11) is 0. The molecule has 1 aromatic rings. The van der Waals surface area contributed by atoms with E-state index in [1.807, 2.05) is 0 Å². The molecule has 1 amide bonds. The van der Waals surface area contributed by atoms with Crippen LogP contribution in [0.15, 0.2) is 24.3 Å². The summed E-state index contributed by atoms with van der Waals surface area (Å²) in [6, 6.07) is 5.35. The first-order valence-electron chi connectivity index (χ1n) is 6.69. The van der Waals surface area contributed by atoms with Gasteiger partial charge >= 0.3 is 5.97 Å². The molecule has 120 valence electrons. The van der Waals surface area contributed by atoms with Gasteiger partial charge in [-0.15, -0.1) is 0 Å². The molecule has 0 aliphatic rings. The molecule has 22 heavy (non-hydrogen) atoms. The van der Waals surface area contributed by atoms with Gasteiger partial charge in [-0.1, -0.05) is 6.07 Å². The Kier molecular flexibility index (Phi) is 6.30. The Morgan fingerprint density at radius 3 is 2.64 bits per heavy atom. The predicted molar refractivity (Wildman–Crippen MR) is 77.7 cm³/mol. The molecule has 0 radical (unpaired) electrons. The largest absolute Gasteiger partial charge is 0.484 e. The molecule has 0 saturated carbocycles. The summed E-state index contributed by atoms with van der Waals surface area (Å²) < 4.78 is 5.25. The summed E-state index contributed by atoms with van der Waals surface area (Å²) >= 11 is 0. The number of nitrogens with zero attached hydrogens (tertiary/aromatic N) is 2. The van der Waals surface area contributed by atoms with Crippen LogP contribution in [-0.2, 0) is 9.59 Å². The summed E-state index contributed by atoms with van der Waals surface area (Å²) in [4.78, 5) is 34.2. The maximum absolute atomic E-state index is 12.1. The van der Waals surface area contributed by atoms with Crippen molar-refractivity contribution in [2.45, 2.75) is 26.3 Å². The van der Waals surface area contributed by atoms with Gasteiger partial charge in [0, 0.05) is 18.7 Å². The molecule has 1 N–H and O–H groups in total. The highest BCUT2D eigenvalue weighted by Crippen LogP contribution is 2.19. The molecular formula is C14H18N2O6. The van der Waals surface area contributed by atoms with Gasteiger partial charge in [0.2, 0.25) is 0 Å². The number of carboxylic acid groups (broad SMARTS) is 1. The highest BCUT2D eigenvalue weighted by atomic mass is 16.6. The normalized spacial score (nSPS) is 10.3. The van der Waals surface area contributed by atoms with Crippen LogP contribution in [0.1, 0.15) is 20.3 Å². The van der Waals surface area contributed by atoms with Crippen molar-refractivity contribution in [2.75, 3.05) is 13.2 Å². The minimum absolute atomic E-state index is 0.0874. The van der Waals surface area contributed by atoms with Gasteiger partial charge in [-0.25, -0.2) is 0 Å². The number of rotatable bonds is 8. The van der Waals surface area contributed by atoms with Crippen LogP contribution in [0.4, 0.5) is 5.69 Å². The predicted octanol–water partition coefficient (Wildman–Crippen LogP) is 1.69. The van der Waals surface area contributed by atoms with E-state index < -0.39 is 10.9 Å². The zero-order valence-electron chi connectivity index (χ0n) is 12.4. The summed E-state index contributed by atoms with van der Waals surface area (Å²) in [6.07, 6.45) is -0.152. The van der Waals surface area contributed by atoms with Gasteiger partial charge in [-0.3, -0.25) is 19.7 Å². The van der Waals surface area contributed by atoms with Crippen molar-refractivity contribution in [3.8, 4) is 5.75 Å². The molecule has 0 heterocycles. The maximum Gasteiger partial charge on any atom is 0.305 e. The number of nitro benzene ring substituents is 1. The average molecular weight is 310 g/mol. The molecule has 0 unspecified atom stereocenters. The lowest BCUT2D eigenvalue weighted by Crippen LogP contribution is -2.41. The molecule has 0 fully saturated rings. The number of aliphatic carboxylic acids is 1. The van der Waals surface area contributed by atoms with Gasteiger partial charge in [-0.05, 0) is 19.9 Å². The number of benzene rings is 1. The zero-order valence-corrected chi connectivity index (χ0v) is 12.4. The Hall–Kier alpha value is -2.64. The van der Waals surface area contributed by atoms with Gasteiger partial charge in [0.25, 0.3) is 11.6 Å². The zero-order chi connectivity index (χ0) is 16.7. The molecule has 1 rings (SSSR count). The van der Waals surface area contributed by atoms with Gasteiger partial charge < -0.3 is 14.7 Å². The fourth-order valence-electron chi connectivity index (χ4n) is 1.80. The van der Waals surface area contributed by atoms with Crippen LogP contribution in [0.25, 0.3) is 0 Å². The van der Waals surface area contributed by atoms with Gasteiger partial charge in [0.15, 0.2) is 6.61 Å². The van der Waals surface area contributed by atoms with Crippen molar-refractivity contribution in [2.24, 2.45) is 0 Å². The summed E-state index contributed by atoms with van der Waals surface area (Å²) in [5, 5.41) is 19.3. The Morgan fingerprint density at radius 2 is 2.09 bits per heavy atom. The van der Waals surface area contributed by atoms with E-state index in [0.717, 1.165) is 0 Å². The molecule has 0 aliphatic heterocycles. The third kappa shape index (κ3) is 5.39. The highest BCUT2D eigenvalue weighted by Gasteiger charge is 2.18. The van der Waals surface area contributed by atoms with E-state index >= 15 is 0 Å². The molecule has 8 heteroatoms. The number of carboxylic acids is 1. The second-order valence-electron chi connectivity index (χ2n) is 4.87. The third-order valence-electron chi connectivity index (χ3n) is 2.90. The highest BCUT2D eigenvalue weighted by molar-refractivity contribution is 5.78. The Balaban J connectivity index is 2.64. The average Bonchev–Trinajstić information content (AvgIpc) is 2.44. The first-order valence-corrected chi connectivity index (χ1v) is 6.69. The van der Waals surface area contributed by atoms with E-state index in [4.69, 9.17) is 9.84 Å². The molecular weight excluding hydrogens is 292 g/mol. The maximum atomic E-state index is 12.1. The van der Waals surface area contributed by atoms with Crippen LogP contribution < -0.4 is 4.74 Å². The van der Waals surface area contributed by atoms with Crippen molar-refractivity contribution < 1.29 is 24.4 Å². The summed E-state index contributed by atoms with van der Waals surface area (Å²) in [5.74, 6) is -1.15. The number of carbonyl (C=O) groups excluding carboxylic acids is 1. The van der Waals surface area contributed by atoms with Gasteiger partial charge in [0.05, 0.1) is 17.4 Å². The van der Waals surface area contributed by atoms with Crippen LogP contribution in [0, 0.1) is 10.1 Å². The van der Waals surface area contributed by atoms with Gasteiger partial charge in [-0.2, -0.15) is 0 Å². The van der Waals surface area contributed by atoms with Crippen molar-refractivity contribution in [3.05, 3.63) is 34.4 Å². The Labute approximate surface area is 127 Å². The second-order valence-corrected chi connectivity index (χ2v) is 4.87. The van der Waals surface area contributed by atoms with Crippen LogP contribution in [-0.4, -0.2) is 46.0 Å². The smallest absolute Gasteiger partial charge is 0.305 e. The van der Waals surface area contributed by atoms with Crippen LogP contribution in [0.5, 0.6) is 5.75 Å². The minimum atomic E-state index is -0.988. The van der Waals surface area contributed by atoms with E-state index in [-0.39, 0.29) is 43.0 Å². The number of hydrogen-bond acceptors (Lipinski definition) is 5. The first kappa shape index (κ1) is 17.4. The molecule has 0 atom stereocenters. The molecule has 0 bridgehead atoms. The van der Waals surface area contributed by atoms with E-state index in [2.05, 4.69) is 0 Å². The lowest BCUT2D eigenvalue weighted by Gasteiger charge is -2.26. The minimum Gasteiger partial charge on any atom is -0.484 e. The van der Waals surface area contributed by atoms with E-state index in [1.54, 1.807) is 13.8 Å². The van der Waals surface area contributed by atoms with Crippen LogP contribution in [0.3, 0.4) is 0 Å². The second kappa shape index (κ2) is 7.96.